The van der Waals surface area contributed by atoms with Crippen LogP contribution in [0.5, 0.6) is 0 Å². The van der Waals surface area contributed by atoms with Crippen LogP contribution in [0.4, 0.5) is 0 Å². The first kappa shape index (κ1) is 15.6. The van der Waals surface area contributed by atoms with Crippen molar-refractivity contribution < 1.29 is 23.9 Å². The highest BCUT2D eigenvalue weighted by Gasteiger charge is 2.30. The van der Waals surface area contributed by atoms with Gasteiger partial charge in [0.1, 0.15) is 11.7 Å². The molecule has 0 saturated carbocycles. The van der Waals surface area contributed by atoms with E-state index in [0.29, 0.717) is 6.42 Å². The highest BCUT2D eigenvalue weighted by molar-refractivity contribution is 6.01. The Labute approximate surface area is 101 Å². The number of hydrogen-bond donors (Lipinski definition) is 0. The second-order valence-corrected chi connectivity index (χ2v) is 3.53. The van der Waals surface area contributed by atoms with Crippen molar-refractivity contribution in [2.24, 2.45) is 5.92 Å². The van der Waals surface area contributed by atoms with Gasteiger partial charge >= 0.3 is 11.9 Å². The molecule has 0 N–H and O–H groups in total. The van der Waals surface area contributed by atoms with Crippen LogP contribution in [-0.2, 0) is 23.9 Å². The van der Waals surface area contributed by atoms with Crippen LogP contribution in [0.1, 0.15) is 40.0 Å². The molecule has 98 valence electrons. The third kappa shape index (κ3) is 6.04. The van der Waals surface area contributed by atoms with Crippen molar-refractivity contribution in [3.8, 4) is 0 Å². The van der Waals surface area contributed by atoms with Gasteiger partial charge in [-0.3, -0.25) is 14.4 Å². The molecule has 17 heavy (non-hydrogen) atoms. The average Bonchev–Trinajstić information content (AvgIpc) is 2.26. The Morgan fingerprint density at radius 1 is 1.00 bits per heavy atom. The molecule has 0 amide bonds. The summed E-state index contributed by atoms with van der Waals surface area (Å²) in [5.74, 6) is -2.47. The number of Topliss-reactive ketones (excluding diaryl/α,β-unsaturated/α-hetero) is 1. The summed E-state index contributed by atoms with van der Waals surface area (Å²) < 4.78 is 9.51. The van der Waals surface area contributed by atoms with E-state index >= 15 is 0 Å². The van der Waals surface area contributed by atoms with Gasteiger partial charge in [-0.2, -0.15) is 0 Å². The van der Waals surface area contributed by atoms with Gasteiger partial charge in [-0.15, -0.1) is 0 Å². The molecule has 0 unspecified atom stereocenters. The Bertz CT molecular complexity index is 254. The van der Waals surface area contributed by atoms with E-state index < -0.39 is 17.9 Å². The Morgan fingerprint density at radius 3 is 2.06 bits per heavy atom. The van der Waals surface area contributed by atoms with Gasteiger partial charge in [0.05, 0.1) is 19.6 Å². The van der Waals surface area contributed by atoms with E-state index in [4.69, 9.17) is 9.47 Å². The number of ether oxygens (including phenoxy) is 2. The zero-order chi connectivity index (χ0) is 13.3. The Hall–Kier alpha value is -1.39. The maximum absolute atomic E-state index is 11.7. The van der Waals surface area contributed by atoms with Crippen LogP contribution in [0, 0.1) is 5.92 Å². The fourth-order valence-electron chi connectivity index (χ4n) is 1.38. The molecular weight excluding hydrogens is 224 g/mol. The van der Waals surface area contributed by atoms with Crippen LogP contribution < -0.4 is 0 Å². The summed E-state index contributed by atoms with van der Waals surface area (Å²) in [5.41, 5.74) is 0. The van der Waals surface area contributed by atoms with Crippen molar-refractivity contribution in [2.75, 3.05) is 13.2 Å². The van der Waals surface area contributed by atoms with E-state index in [-0.39, 0.29) is 31.8 Å². The zero-order valence-electron chi connectivity index (χ0n) is 10.7. The second kappa shape index (κ2) is 8.73. The summed E-state index contributed by atoms with van der Waals surface area (Å²) in [6, 6.07) is 0. The van der Waals surface area contributed by atoms with Crippen LogP contribution in [-0.4, -0.2) is 30.9 Å². The molecule has 0 aromatic heterocycles. The monoisotopic (exact) mass is 244 g/mol. The minimum Gasteiger partial charge on any atom is -0.466 e. The number of esters is 2. The molecule has 5 heteroatoms. The van der Waals surface area contributed by atoms with Gasteiger partial charge in [0, 0.05) is 6.42 Å². The molecule has 0 aliphatic carbocycles. The van der Waals surface area contributed by atoms with Gasteiger partial charge in [-0.25, -0.2) is 0 Å². The van der Waals surface area contributed by atoms with E-state index in [1.54, 1.807) is 13.8 Å². The normalized spacial score (nSPS) is 11.7. The third-order valence-electron chi connectivity index (χ3n) is 2.13. The fraction of sp³-hybridized carbons (Fsp3) is 0.750. The number of carbonyl (C=O) groups is 3. The molecular formula is C12H20O5. The molecule has 0 aromatic rings. The van der Waals surface area contributed by atoms with Gasteiger partial charge < -0.3 is 9.47 Å². The first-order chi connectivity index (χ1) is 8.06. The maximum atomic E-state index is 11.7. The Balaban J connectivity index is 4.55. The van der Waals surface area contributed by atoms with Crippen LogP contribution in [0.15, 0.2) is 0 Å². The molecule has 0 spiro atoms. The summed E-state index contributed by atoms with van der Waals surface area (Å²) >= 11 is 0. The van der Waals surface area contributed by atoms with Crippen molar-refractivity contribution in [1.82, 2.24) is 0 Å². The molecule has 1 atom stereocenters. The molecule has 0 aromatic carbocycles. The number of rotatable bonds is 8. The van der Waals surface area contributed by atoms with Gasteiger partial charge in [0.25, 0.3) is 0 Å². The Kier molecular flexibility index (Phi) is 8.01. The van der Waals surface area contributed by atoms with Crippen molar-refractivity contribution >= 4 is 17.7 Å². The molecule has 0 heterocycles. The van der Waals surface area contributed by atoms with Crippen LogP contribution in [0.25, 0.3) is 0 Å². The SMILES string of the molecule is CCCC(=O)[C@H](CC(=O)OCC)C(=O)OCC. The van der Waals surface area contributed by atoms with Crippen LogP contribution in [0.2, 0.25) is 0 Å². The summed E-state index contributed by atoms with van der Waals surface area (Å²) in [7, 11) is 0. The standard InChI is InChI=1S/C12H20O5/c1-4-7-10(13)9(12(15)17-6-3)8-11(14)16-5-2/h9H,4-8H2,1-3H3/t9-/m0/s1. The lowest BCUT2D eigenvalue weighted by Crippen LogP contribution is -2.29. The summed E-state index contributed by atoms with van der Waals surface area (Å²) in [6.07, 6.45) is 0.673. The highest BCUT2D eigenvalue weighted by Crippen LogP contribution is 2.12. The minimum atomic E-state index is -1.02. The van der Waals surface area contributed by atoms with Crippen LogP contribution in [0.3, 0.4) is 0 Å². The largest absolute Gasteiger partial charge is 0.466 e. The lowest BCUT2D eigenvalue weighted by molar-refractivity contribution is -0.157. The predicted molar refractivity (Wildman–Crippen MR) is 61.3 cm³/mol. The van der Waals surface area contributed by atoms with Crippen LogP contribution >= 0.6 is 0 Å². The predicted octanol–water partition coefficient (Wildman–Crippen LogP) is 1.49. The minimum absolute atomic E-state index is 0.192. The van der Waals surface area contributed by atoms with Gasteiger partial charge in [-0.05, 0) is 20.3 Å². The van der Waals surface area contributed by atoms with E-state index in [9.17, 15) is 14.4 Å². The molecule has 0 rings (SSSR count). The molecule has 5 nitrogen and oxygen atoms in total. The topological polar surface area (TPSA) is 69.7 Å². The first-order valence-electron chi connectivity index (χ1n) is 5.91. The van der Waals surface area contributed by atoms with E-state index in [0.717, 1.165) is 0 Å². The summed E-state index contributed by atoms with van der Waals surface area (Å²) in [6.45, 7) is 5.59. The van der Waals surface area contributed by atoms with E-state index in [1.165, 1.54) is 0 Å². The number of hydrogen-bond acceptors (Lipinski definition) is 5. The fourth-order valence-corrected chi connectivity index (χ4v) is 1.38. The summed E-state index contributed by atoms with van der Waals surface area (Å²) in [4.78, 5) is 34.5. The van der Waals surface area contributed by atoms with Gasteiger partial charge in [0.15, 0.2) is 0 Å². The highest BCUT2D eigenvalue weighted by atomic mass is 16.5. The molecule has 0 bridgehead atoms. The number of carbonyl (C=O) groups excluding carboxylic acids is 3. The van der Waals surface area contributed by atoms with Crippen molar-refractivity contribution in [3.05, 3.63) is 0 Å². The van der Waals surface area contributed by atoms with E-state index in [1.807, 2.05) is 6.92 Å². The third-order valence-corrected chi connectivity index (χ3v) is 2.13. The Morgan fingerprint density at radius 2 is 1.59 bits per heavy atom. The quantitative estimate of drug-likeness (QED) is 0.478. The first-order valence-corrected chi connectivity index (χ1v) is 5.91. The van der Waals surface area contributed by atoms with Crippen molar-refractivity contribution in [3.63, 3.8) is 0 Å². The van der Waals surface area contributed by atoms with Gasteiger partial charge in [-0.1, -0.05) is 6.92 Å². The van der Waals surface area contributed by atoms with Crippen molar-refractivity contribution in [2.45, 2.75) is 40.0 Å². The molecule has 0 radical (unpaired) electrons. The zero-order valence-corrected chi connectivity index (χ0v) is 10.7. The average molecular weight is 244 g/mol. The molecule has 0 fully saturated rings. The maximum Gasteiger partial charge on any atom is 0.317 e. The smallest absolute Gasteiger partial charge is 0.317 e. The lowest BCUT2D eigenvalue weighted by Gasteiger charge is -2.13. The van der Waals surface area contributed by atoms with E-state index in [2.05, 4.69) is 0 Å². The van der Waals surface area contributed by atoms with Crippen molar-refractivity contribution in [1.29, 1.82) is 0 Å². The summed E-state index contributed by atoms with van der Waals surface area (Å²) in [5, 5.41) is 0. The molecule has 0 aliphatic rings. The number of ketones is 1. The lowest BCUT2D eigenvalue weighted by atomic mass is 9.97. The molecule has 0 aliphatic heterocycles. The second-order valence-electron chi connectivity index (χ2n) is 3.53. The van der Waals surface area contributed by atoms with Gasteiger partial charge in [0.2, 0.25) is 0 Å². The molecule has 0 saturated heterocycles.